The quantitative estimate of drug-likeness (QED) is 0.811. The second-order valence-electron chi connectivity index (χ2n) is 4.83. The number of anilines is 1. The van der Waals surface area contributed by atoms with E-state index in [4.69, 9.17) is 11.6 Å². The highest BCUT2D eigenvalue weighted by molar-refractivity contribution is 6.31. The first-order valence-electron chi connectivity index (χ1n) is 5.22. The molecule has 2 rings (SSSR count). The van der Waals surface area contributed by atoms with E-state index in [1.54, 1.807) is 0 Å². The van der Waals surface area contributed by atoms with Crippen molar-refractivity contribution in [2.45, 2.75) is 38.3 Å². The Hall–Kier alpha value is -0.730. The molecule has 0 fully saturated rings. The van der Waals surface area contributed by atoms with Gasteiger partial charge in [-0.2, -0.15) is 0 Å². The van der Waals surface area contributed by atoms with Gasteiger partial charge in [-0.3, -0.25) is 0 Å². The molecule has 3 heteroatoms. The van der Waals surface area contributed by atoms with Gasteiger partial charge in [-0.05, 0) is 44.4 Å². The van der Waals surface area contributed by atoms with E-state index in [-0.39, 0.29) is 0 Å². The van der Waals surface area contributed by atoms with Crippen LogP contribution in [0.15, 0.2) is 18.2 Å². The lowest BCUT2D eigenvalue weighted by Crippen LogP contribution is -2.29. The summed E-state index contributed by atoms with van der Waals surface area (Å²) in [6, 6.07) is 6.18. The third kappa shape index (κ3) is 2.44. The number of fused-ring (bicyclic) bond motifs is 1. The van der Waals surface area contributed by atoms with E-state index in [1.165, 1.54) is 5.56 Å². The second-order valence-corrected chi connectivity index (χ2v) is 5.24. The molecule has 82 valence electrons. The van der Waals surface area contributed by atoms with Gasteiger partial charge in [0.05, 0.1) is 5.60 Å². The van der Waals surface area contributed by atoms with Crippen LogP contribution in [0, 0.1) is 0 Å². The van der Waals surface area contributed by atoms with Gasteiger partial charge in [-0.15, -0.1) is 0 Å². The number of rotatable bonds is 2. The molecule has 2 nitrogen and oxygen atoms in total. The number of benzene rings is 1. The van der Waals surface area contributed by atoms with E-state index in [0.29, 0.717) is 6.04 Å². The normalized spacial score (nSPS) is 19.9. The molecule has 15 heavy (non-hydrogen) atoms. The molecule has 0 saturated carbocycles. The summed E-state index contributed by atoms with van der Waals surface area (Å²) in [6.45, 7) is 3.67. The predicted octanol–water partition coefficient (Wildman–Crippen LogP) is 2.84. The fraction of sp³-hybridized carbons (Fsp3) is 0.500. The highest BCUT2D eigenvalue weighted by atomic mass is 35.5. The van der Waals surface area contributed by atoms with Crippen LogP contribution in [0.4, 0.5) is 5.69 Å². The maximum Gasteiger partial charge on any atom is 0.0611 e. The summed E-state index contributed by atoms with van der Waals surface area (Å²) in [5, 5.41) is 14.0. The average Bonchev–Trinajstić information content (AvgIpc) is 2.45. The molecule has 0 radical (unpaired) electrons. The summed E-state index contributed by atoms with van der Waals surface area (Å²) < 4.78 is 0. The van der Waals surface area contributed by atoms with E-state index in [9.17, 15) is 5.11 Å². The van der Waals surface area contributed by atoms with Gasteiger partial charge in [-0.1, -0.05) is 17.7 Å². The monoisotopic (exact) mass is 225 g/mol. The first kappa shape index (κ1) is 10.8. The minimum Gasteiger partial charge on any atom is -0.390 e. The summed E-state index contributed by atoms with van der Waals surface area (Å²) in [5.41, 5.74) is 1.65. The summed E-state index contributed by atoms with van der Waals surface area (Å²) in [6.07, 6.45) is 1.64. The van der Waals surface area contributed by atoms with Gasteiger partial charge in [0, 0.05) is 16.8 Å². The van der Waals surface area contributed by atoms with Crippen LogP contribution in [-0.4, -0.2) is 16.7 Å². The van der Waals surface area contributed by atoms with Crippen molar-refractivity contribution in [3.8, 4) is 0 Å². The Bertz CT molecular complexity index is 370. The van der Waals surface area contributed by atoms with Crippen LogP contribution in [0.5, 0.6) is 0 Å². The van der Waals surface area contributed by atoms with Crippen molar-refractivity contribution < 1.29 is 5.11 Å². The largest absolute Gasteiger partial charge is 0.390 e. The Morgan fingerprint density at radius 3 is 2.87 bits per heavy atom. The summed E-state index contributed by atoms with van der Waals surface area (Å²) >= 11 is 6.10. The highest BCUT2D eigenvalue weighted by Gasteiger charge is 2.27. The zero-order chi connectivity index (χ0) is 11.1. The zero-order valence-electron chi connectivity index (χ0n) is 9.05. The van der Waals surface area contributed by atoms with Crippen LogP contribution < -0.4 is 5.32 Å². The fourth-order valence-corrected chi connectivity index (χ4v) is 2.40. The standard InChI is InChI=1S/C12H16ClNO/c1-12(2,15)7-8-6-9-10(13)4-3-5-11(9)14-8/h3-5,8,14-15H,6-7H2,1-2H3. The van der Waals surface area contributed by atoms with Crippen molar-refractivity contribution in [3.63, 3.8) is 0 Å². The molecule has 0 amide bonds. The van der Waals surface area contributed by atoms with Crippen molar-refractivity contribution in [1.29, 1.82) is 0 Å². The number of hydrogen-bond acceptors (Lipinski definition) is 2. The van der Waals surface area contributed by atoms with Crippen molar-refractivity contribution in [2.24, 2.45) is 0 Å². The van der Waals surface area contributed by atoms with E-state index in [2.05, 4.69) is 5.32 Å². The summed E-state index contributed by atoms with van der Waals surface area (Å²) in [4.78, 5) is 0. The zero-order valence-corrected chi connectivity index (χ0v) is 9.80. The third-order valence-electron chi connectivity index (χ3n) is 2.67. The number of hydrogen-bond donors (Lipinski definition) is 2. The minimum absolute atomic E-state index is 0.292. The number of aliphatic hydroxyl groups is 1. The molecule has 1 unspecified atom stereocenters. The Labute approximate surface area is 95.3 Å². The molecule has 1 aliphatic heterocycles. The lowest BCUT2D eigenvalue weighted by atomic mass is 9.97. The van der Waals surface area contributed by atoms with E-state index < -0.39 is 5.60 Å². The molecule has 0 aromatic heterocycles. The Morgan fingerprint density at radius 1 is 1.53 bits per heavy atom. The molecule has 1 aromatic rings. The van der Waals surface area contributed by atoms with Crippen molar-refractivity contribution in [2.75, 3.05) is 5.32 Å². The first-order valence-corrected chi connectivity index (χ1v) is 5.60. The SMILES string of the molecule is CC(C)(O)CC1Cc2c(Cl)cccc2N1. The molecule has 1 aliphatic rings. The first-order chi connectivity index (χ1) is 6.96. The van der Waals surface area contributed by atoms with Crippen LogP contribution >= 0.6 is 11.6 Å². The lowest BCUT2D eigenvalue weighted by molar-refractivity contribution is 0.0663. The van der Waals surface area contributed by atoms with Crippen molar-refractivity contribution in [1.82, 2.24) is 0 Å². The van der Waals surface area contributed by atoms with Crippen molar-refractivity contribution >= 4 is 17.3 Å². The molecule has 1 aromatic carbocycles. The van der Waals surface area contributed by atoms with Gasteiger partial charge in [-0.25, -0.2) is 0 Å². The molecular formula is C12H16ClNO. The van der Waals surface area contributed by atoms with Crippen molar-refractivity contribution in [3.05, 3.63) is 28.8 Å². The van der Waals surface area contributed by atoms with Gasteiger partial charge in [0.25, 0.3) is 0 Å². The molecular weight excluding hydrogens is 210 g/mol. The van der Waals surface area contributed by atoms with Gasteiger partial charge < -0.3 is 10.4 Å². The Balaban J connectivity index is 2.13. The van der Waals surface area contributed by atoms with E-state index in [0.717, 1.165) is 23.6 Å². The molecule has 0 spiro atoms. The minimum atomic E-state index is -0.633. The number of nitrogens with one attached hydrogen (secondary N) is 1. The maximum atomic E-state index is 9.75. The molecule has 2 N–H and O–H groups in total. The van der Waals surface area contributed by atoms with Gasteiger partial charge in [0.2, 0.25) is 0 Å². The average molecular weight is 226 g/mol. The fourth-order valence-electron chi connectivity index (χ4n) is 2.14. The van der Waals surface area contributed by atoms with Gasteiger partial charge in [0.15, 0.2) is 0 Å². The summed E-state index contributed by atoms with van der Waals surface area (Å²) in [7, 11) is 0. The Morgan fingerprint density at radius 2 is 2.27 bits per heavy atom. The molecule has 1 heterocycles. The van der Waals surface area contributed by atoms with Crippen LogP contribution in [0.2, 0.25) is 5.02 Å². The van der Waals surface area contributed by atoms with Crippen LogP contribution in [0.25, 0.3) is 0 Å². The maximum absolute atomic E-state index is 9.75. The molecule has 0 aliphatic carbocycles. The van der Waals surface area contributed by atoms with Crippen LogP contribution in [0.3, 0.4) is 0 Å². The third-order valence-corrected chi connectivity index (χ3v) is 3.03. The smallest absolute Gasteiger partial charge is 0.0611 e. The number of halogens is 1. The van der Waals surface area contributed by atoms with E-state index >= 15 is 0 Å². The molecule has 0 bridgehead atoms. The van der Waals surface area contributed by atoms with Crippen LogP contribution in [0.1, 0.15) is 25.8 Å². The molecule has 0 saturated heterocycles. The second kappa shape index (κ2) is 3.69. The summed E-state index contributed by atoms with van der Waals surface area (Å²) in [5.74, 6) is 0. The van der Waals surface area contributed by atoms with E-state index in [1.807, 2.05) is 32.0 Å². The predicted molar refractivity (Wildman–Crippen MR) is 63.5 cm³/mol. The van der Waals surface area contributed by atoms with Gasteiger partial charge in [0.1, 0.15) is 0 Å². The lowest BCUT2D eigenvalue weighted by Gasteiger charge is -2.22. The molecule has 1 atom stereocenters. The Kier molecular flexibility index (Phi) is 2.65. The van der Waals surface area contributed by atoms with Crippen LogP contribution in [-0.2, 0) is 6.42 Å². The topological polar surface area (TPSA) is 32.3 Å². The van der Waals surface area contributed by atoms with Gasteiger partial charge >= 0.3 is 0 Å². The highest BCUT2D eigenvalue weighted by Crippen LogP contribution is 2.33.